The molecule has 164 valence electrons. The normalized spacial score (nSPS) is 12.0. The highest BCUT2D eigenvalue weighted by atomic mass is 32.2. The van der Waals surface area contributed by atoms with Crippen LogP contribution in [-0.4, -0.2) is 29.9 Å². The molecule has 1 amide bonds. The molecule has 0 saturated heterocycles. The zero-order valence-electron chi connectivity index (χ0n) is 15.9. The molecule has 12 heteroatoms. The van der Waals surface area contributed by atoms with Crippen molar-refractivity contribution in [1.82, 2.24) is 9.79 Å². The summed E-state index contributed by atoms with van der Waals surface area (Å²) in [6, 6.07) is 1.96. The predicted octanol–water partition coefficient (Wildman–Crippen LogP) is 3.41. The van der Waals surface area contributed by atoms with E-state index in [2.05, 4.69) is 0 Å². The topological polar surface area (TPSA) is 86.7 Å². The van der Waals surface area contributed by atoms with Gasteiger partial charge >= 0.3 is 0 Å². The number of carbonyl (C=O) groups excluding carboxylic acids is 1. The van der Waals surface area contributed by atoms with E-state index >= 15 is 0 Å². The number of sulfonamides is 1. The highest BCUT2D eigenvalue weighted by molar-refractivity contribution is 7.89. The SMILES string of the molecule is Cc1c(F)c(F)c(F)c(F)c1S(=O)(=O)N(Cc1ccc(C(=O)NO)cc1F)C(C)C. The predicted molar refractivity (Wildman–Crippen MR) is 94.5 cm³/mol. The molecule has 0 heterocycles. The Morgan fingerprint density at radius 3 is 2.13 bits per heavy atom. The third-order valence-electron chi connectivity index (χ3n) is 4.33. The Labute approximate surface area is 168 Å². The molecular formula is C18H17F5N2O4S. The van der Waals surface area contributed by atoms with E-state index in [0.717, 1.165) is 25.1 Å². The molecule has 2 aromatic rings. The fourth-order valence-corrected chi connectivity index (χ4v) is 4.63. The van der Waals surface area contributed by atoms with Crippen molar-refractivity contribution in [3.63, 3.8) is 0 Å². The number of nitrogens with one attached hydrogen (secondary N) is 1. The van der Waals surface area contributed by atoms with Gasteiger partial charge in [0.15, 0.2) is 23.3 Å². The molecule has 0 aliphatic heterocycles. The number of amides is 1. The number of nitrogens with zero attached hydrogens (tertiary/aromatic N) is 1. The number of hydrogen-bond acceptors (Lipinski definition) is 4. The second-order valence-electron chi connectivity index (χ2n) is 6.60. The van der Waals surface area contributed by atoms with Gasteiger partial charge in [0.05, 0.1) is 0 Å². The Kier molecular flexibility index (Phi) is 6.84. The fraction of sp³-hybridized carbons (Fsp3) is 0.278. The van der Waals surface area contributed by atoms with Crippen LogP contribution in [-0.2, 0) is 16.6 Å². The van der Waals surface area contributed by atoms with Crippen molar-refractivity contribution in [3.05, 3.63) is 64.0 Å². The average molecular weight is 452 g/mol. The van der Waals surface area contributed by atoms with Crippen LogP contribution in [0.15, 0.2) is 23.1 Å². The van der Waals surface area contributed by atoms with E-state index in [1.807, 2.05) is 0 Å². The van der Waals surface area contributed by atoms with Crippen LogP contribution in [0.1, 0.15) is 35.3 Å². The molecule has 0 spiro atoms. The molecule has 0 aliphatic rings. The van der Waals surface area contributed by atoms with Crippen molar-refractivity contribution < 1.29 is 40.4 Å². The van der Waals surface area contributed by atoms with Gasteiger partial charge < -0.3 is 0 Å². The van der Waals surface area contributed by atoms with Crippen molar-refractivity contribution in [1.29, 1.82) is 0 Å². The van der Waals surface area contributed by atoms with Crippen molar-refractivity contribution in [2.45, 2.75) is 38.3 Å². The zero-order valence-corrected chi connectivity index (χ0v) is 16.8. The summed E-state index contributed by atoms with van der Waals surface area (Å²) in [4.78, 5) is 9.94. The summed E-state index contributed by atoms with van der Waals surface area (Å²) in [6.45, 7) is 2.79. The number of hydrogen-bond donors (Lipinski definition) is 2. The third-order valence-corrected chi connectivity index (χ3v) is 6.50. The maximum absolute atomic E-state index is 14.4. The highest BCUT2D eigenvalue weighted by Crippen LogP contribution is 2.31. The Bertz CT molecular complexity index is 1080. The van der Waals surface area contributed by atoms with Gasteiger partial charge in [-0.25, -0.2) is 35.8 Å². The minimum absolute atomic E-state index is 0.247. The summed E-state index contributed by atoms with van der Waals surface area (Å²) in [5, 5.41) is 8.58. The lowest BCUT2D eigenvalue weighted by Crippen LogP contribution is -2.38. The maximum Gasteiger partial charge on any atom is 0.274 e. The zero-order chi connectivity index (χ0) is 23.0. The van der Waals surface area contributed by atoms with Crippen molar-refractivity contribution >= 4 is 15.9 Å². The van der Waals surface area contributed by atoms with E-state index in [9.17, 15) is 35.2 Å². The third kappa shape index (κ3) is 4.16. The average Bonchev–Trinajstić information content (AvgIpc) is 2.68. The summed E-state index contributed by atoms with van der Waals surface area (Å²) in [5.74, 6) is -10.4. The van der Waals surface area contributed by atoms with Gasteiger partial charge in [-0.1, -0.05) is 6.07 Å². The monoisotopic (exact) mass is 452 g/mol. The largest absolute Gasteiger partial charge is 0.288 e. The van der Waals surface area contributed by atoms with Crippen LogP contribution in [0.25, 0.3) is 0 Å². The van der Waals surface area contributed by atoms with Gasteiger partial charge in [-0.2, -0.15) is 4.31 Å². The van der Waals surface area contributed by atoms with Gasteiger partial charge in [0.2, 0.25) is 10.0 Å². The van der Waals surface area contributed by atoms with Crippen molar-refractivity contribution in [3.8, 4) is 0 Å². The van der Waals surface area contributed by atoms with Gasteiger partial charge in [0, 0.05) is 29.3 Å². The molecule has 0 aromatic heterocycles. The lowest BCUT2D eigenvalue weighted by Gasteiger charge is -2.27. The number of rotatable bonds is 6. The molecule has 2 aromatic carbocycles. The first-order valence-corrected chi connectivity index (χ1v) is 9.85. The van der Waals surface area contributed by atoms with Crippen LogP contribution in [0.3, 0.4) is 0 Å². The number of carbonyl (C=O) groups is 1. The summed E-state index contributed by atoms with van der Waals surface area (Å²) >= 11 is 0. The van der Waals surface area contributed by atoms with Crippen LogP contribution in [0.5, 0.6) is 0 Å². The number of hydroxylamine groups is 1. The Morgan fingerprint density at radius 1 is 1.07 bits per heavy atom. The van der Waals surface area contributed by atoms with E-state index in [-0.39, 0.29) is 11.1 Å². The van der Waals surface area contributed by atoms with Crippen LogP contribution in [0, 0.1) is 36.0 Å². The van der Waals surface area contributed by atoms with Gasteiger partial charge in [0.1, 0.15) is 10.7 Å². The minimum Gasteiger partial charge on any atom is -0.288 e. The van der Waals surface area contributed by atoms with Crippen molar-refractivity contribution in [2.75, 3.05) is 0 Å². The summed E-state index contributed by atoms with van der Waals surface area (Å²) in [5.41, 5.74) is -0.169. The first-order valence-electron chi connectivity index (χ1n) is 8.41. The molecule has 0 radical (unpaired) electrons. The Hall–Kier alpha value is -2.57. The molecule has 0 unspecified atom stereocenters. The van der Waals surface area contributed by atoms with Gasteiger partial charge in [0.25, 0.3) is 5.91 Å². The summed E-state index contributed by atoms with van der Waals surface area (Å²) in [7, 11) is -4.94. The van der Waals surface area contributed by atoms with Gasteiger partial charge in [-0.15, -0.1) is 0 Å². The second-order valence-corrected chi connectivity index (χ2v) is 8.43. The van der Waals surface area contributed by atoms with Crippen LogP contribution >= 0.6 is 0 Å². The van der Waals surface area contributed by atoms with Crippen LogP contribution in [0.4, 0.5) is 22.0 Å². The molecule has 0 atom stereocenters. The van der Waals surface area contributed by atoms with E-state index in [0.29, 0.717) is 4.31 Å². The molecule has 2 N–H and O–H groups in total. The lowest BCUT2D eigenvalue weighted by molar-refractivity contribution is 0.0706. The molecular weight excluding hydrogens is 435 g/mol. The molecule has 30 heavy (non-hydrogen) atoms. The summed E-state index contributed by atoms with van der Waals surface area (Å²) < 4.78 is 96.2. The van der Waals surface area contributed by atoms with Crippen LogP contribution in [0.2, 0.25) is 0 Å². The fourth-order valence-electron chi connectivity index (χ4n) is 2.74. The van der Waals surface area contributed by atoms with E-state index in [1.165, 1.54) is 19.3 Å². The van der Waals surface area contributed by atoms with Gasteiger partial charge in [-0.05, 0) is 32.9 Å². The smallest absolute Gasteiger partial charge is 0.274 e. The number of benzene rings is 2. The first kappa shape index (κ1) is 23.7. The molecule has 2 rings (SSSR count). The standard InChI is InChI=1S/C18H17F5N2O4S/c1-8(2)25(7-11-5-4-10(6-12(11)19)18(26)24-27)30(28,29)17-9(3)13(20)14(21)15(22)16(17)23/h4-6,8,27H,7H2,1-3H3,(H,24,26). The molecule has 0 aliphatic carbocycles. The summed E-state index contributed by atoms with van der Waals surface area (Å²) in [6.07, 6.45) is 0. The first-order chi connectivity index (χ1) is 13.8. The Balaban J connectivity index is 2.58. The Morgan fingerprint density at radius 2 is 1.63 bits per heavy atom. The lowest BCUT2D eigenvalue weighted by atomic mass is 10.1. The van der Waals surface area contributed by atoms with E-state index in [4.69, 9.17) is 5.21 Å². The molecule has 0 bridgehead atoms. The molecule has 6 nitrogen and oxygen atoms in total. The van der Waals surface area contributed by atoms with E-state index < -0.39 is 68.1 Å². The van der Waals surface area contributed by atoms with E-state index in [1.54, 1.807) is 0 Å². The molecule has 0 fully saturated rings. The second kappa shape index (κ2) is 8.66. The van der Waals surface area contributed by atoms with Crippen LogP contribution < -0.4 is 5.48 Å². The highest BCUT2D eigenvalue weighted by Gasteiger charge is 2.36. The maximum atomic E-state index is 14.4. The quantitative estimate of drug-likeness (QED) is 0.231. The van der Waals surface area contributed by atoms with Gasteiger partial charge in [-0.3, -0.25) is 10.0 Å². The van der Waals surface area contributed by atoms with Crippen molar-refractivity contribution in [2.24, 2.45) is 0 Å². The minimum atomic E-state index is -4.94. The molecule has 0 saturated carbocycles. The number of halogens is 5.